The van der Waals surface area contributed by atoms with Crippen LogP contribution in [0.15, 0.2) is 42.5 Å². The van der Waals surface area contributed by atoms with Crippen molar-refractivity contribution in [3.63, 3.8) is 0 Å². The van der Waals surface area contributed by atoms with Gasteiger partial charge in [-0.15, -0.1) is 0 Å². The number of carbonyl (C=O) groups is 2. The predicted octanol–water partition coefficient (Wildman–Crippen LogP) is 2.05. The maximum atomic E-state index is 11.9. The summed E-state index contributed by atoms with van der Waals surface area (Å²) in [5.74, 6) is -2.11. The molecule has 0 aliphatic rings. The van der Waals surface area contributed by atoms with Crippen LogP contribution in [0.5, 0.6) is 11.5 Å². The summed E-state index contributed by atoms with van der Waals surface area (Å²) in [5.41, 5.74) is 0.0246. The molecule has 0 spiro atoms. The Labute approximate surface area is 113 Å². The molecule has 102 valence electrons. The molecular weight excluding hydrogens is 262 g/mol. The van der Waals surface area contributed by atoms with E-state index in [0.717, 1.165) is 6.07 Å². The van der Waals surface area contributed by atoms with Crippen molar-refractivity contribution < 1.29 is 24.9 Å². The van der Waals surface area contributed by atoms with Gasteiger partial charge in [-0.3, -0.25) is 4.79 Å². The van der Waals surface area contributed by atoms with Gasteiger partial charge in [-0.05, 0) is 36.4 Å². The predicted molar refractivity (Wildman–Crippen MR) is 71.1 cm³/mol. The van der Waals surface area contributed by atoms with Crippen LogP contribution in [-0.4, -0.2) is 27.2 Å². The summed E-state index contributed by atoms with van der Waals surface area (Å²) in [5, 5.41) is 30.0. The molecule has 4 N–H and O–H groups in total. The van der Waals surface area contributed by atoms with Crippen molar-refractivity contribution in [3.8, 4) is 11.5 Å². The average Bonchev–Trinajstić information content (AvgIpc) is 2.40. The minimum atomic E-state index is -1.27. The van der Waals surface area contributed by atoms with E-state index in [1.165, 1.54) is 36.4 Å². The lowest BCUT2D eigenvalue weighted by Crippen LogP contribution is -2.14. The lowest BCUT2D eigenvalue weighted by atomic mass is 10.1. The zero-order chi connectivity index (χ0) is 14.7. The number of rotatable bonds is 3. The van der Waals surface area contributed by atoms with Gasteiger partial charge in [-0.25, -0.2) is 4.79 Å². The van der Waals surface area contributed by atoms with Crippen molar-refractivity contribution in [2.75, 3.05) is 5.32 Å². The molecule has 1 amide bonds. The average molecular weight is 273 g/mol. The van der Waals surface area contributed by atoms with Gasteiger partial charge in [0, 0.05) is 5.56 Å². The second-order valence-electron chi connectivity index (χ2n) is 4.04. The van der Waals surface area contributed by atoms with Crippen molar-refractivity contribution in [2.24, 2.45) is 0 Å². The van der Waals surface area contributed by atoms with E-state index in [-0.39, 0.29) is 28.3 Å². The molecule has 0 aliphatic heterocycles. The third-order valence-corrected chi connectivity index (χ3v) is 2.59. The van der Waals surface area contributed by atoms with Gasteiger partial charge in [0.15, 0.2) is 0 Å². The Hall–Kier alpha value is -3.02. The number of aromatic hydroxyl groups is 2. The van der Waals surface area contributed by atoms with Crippen LogP contribution in [0.4, 0.5) is 5.69 Å². The quantitative estimate of drug-likeness (QED) is 0.640. The van der Waals surface area contributed by atoms with Crippen molar-refractivity contribution in [2.45, 2.75) is 0 Å². The minimum absolute atomic E-state index is 0.0589. The van der Waals surface area contributed by atoms with Crippen molar-refractivity contribution in [1.82, 2.24) is 0 Å². The molecule has 20 heavy (non-hydrogen) atoms. The van der Waals surface area contributed by atoms with Crippen LogP contribution in [0, 0.1) is 0 Å². The molecule has 0 bridgehead atoms. The van der Waals surface area contributed by atoms with Crippen LogP contribution in [0.1, 0.15) is 20.7 Å². The fraction of sp³-hybridized carbons (Fsp3) is 0. The molecule has 2 aromatic rings. The van der Waals surface area contributed by atoms with Gasteiger partial charge in [-0.1, -0.05) is 6.07 Å². The van der Waals surface area contributed by atoms with Crippen LogP contribution in [0.2, 0.25) is 0 Å². The van der Waals surface area contributed by atoms with Gasteiger partial charge in [0.05, 0.1) is 11.3 Å². The highest BCUT2D eigenvalue weighted by molar-refractivity contribution is 6.08. The number of anilines is 1. The molecule has 0 saturated carbocycles. The summed E-state index contributed by atoms with van der Waals surface area (Å²) in [6, 6.07) is 9.26. The summed E-state index contributed by atoms with van der Waals surface area (Å²) in [7, 11) is 0. The first-order valence-corrected chi connectivity index (χ1v) is 5.64. The molecule has 0 fully saturated rings. The van der Waals surface area contributed by atoms with Crippen LogP contribution in [-0.2, 0) is 0 Å². The Morgan fingerprint density at radius 2 is 1.65 bits per heavy atom. The lowest BCUT2D eigenvalue weighted by Gasteiger charge is -2.09. The van der Waals surface area contributed by atoms with Crippen molar-refractivity contribution in [1.29, 1.82) is 0 Å². The number of carbonyl (C=O) groups excluding carboxylic acids is 1. The number of carboxylic acid groups (broad SMARTS) is 1. The molecule has 0 atom stereocenters. The van der Waals surface area contributed by atoms with Crippen LogP contribution in [0.3, 0.4) is 0 Å². The van der Waals surface area contributed by atoms with Crippen LogP contribution < -0.4 is 5.32 Å². The first-order valence-electron chi connectivity index (χ1n) is 5.64. The molecule has 0 aliphatic carbocycles. The molecule has 6 nitrogen and oxygen atoms in total. The summed E-state index contributed by atoms with van der Waals surface area (Å²) in [6.07, 6.45) is 0. The van der Waals surface area contributed by atoms with Crippen molar-refractivity contribution >= 4 is 17.6 Å². The minimum Gasteiger partial charge on any atom is -0.508 e. The SMILES string of the molecule is O=C(Nc1ccc(O)cc1C(=O)O)c1cccc(O)c1. The Balaban J connectivity index is 2.30. The normalized spacial score (nSPS) is 10.0. The van der Waals surface area contributed by atoms with Gasteiger partial charge in [0.2, 0.25) is 0 Å². The zero-order valence-corrected chi connectivity index (χ0v) is 10.2. The fourth-order valence-corrected chi connectivity index (χ4v) is 1.66. The van der Waals surface area contributed by atoms with E-state index in [4.69, 9.17) is 5.11 Å². The molecule has 0 unspecified atom stereocenters. The lowest BCUT2D eigenvalue weighted by molar-refractivity contribution is 0.0697. The fourth-order valence-electron chi connectivity index (χ4n) is 1.66. The maximum absolute atomic E-state index is 11.9. The van der Waals surface area contributed by atoms with Crippen LogP contribution >= 0.6 is 0 Å². The highest BCUT2D eigenvalue weighted by Crippen LogP contribution is 2.22. The number of amides is 1. The number of phenols is 2. The molecule has 6 heteroatoms. The second kappa shape index (κ2) is 5.31. The number of benzene rings is 2. The van der Waals surface area contributed by atoms with Gasteiger partial charge in [0.25, 0.3) is 5.91 Å². The molecule has 0 radical (unpaired) electrons. The number of hydrogen-bond acceptors (Lipinski definition) is 4. The van der Waals surface area contributed by atoms with Gasteiger partial charge in [-0.2, -0.15) is 0 Å². The number of hydrogen-bond donors (Lipinski definition) is 4. The van der Waals surface area contributed by atoms with E-state index in [1.807, 2.05) is 0 Å². The van der Waals surface area contributed by atoms with Crippen LogP contribution in [0.25, 0.3) is 0 Å². The van der Waals surface area contributed by atoms with Crippen molar-refractivity contribution in [3.05, 3.63) is 53.6 Å². The Morgan fingerprint density at radius 1 is 0.950 bits per heavy atom. The third-order valence-electron chi connectivity index (χ3n) is 2.59. The standard InChI is InChI=1S/C14H11NO5/c16-9-3-1-2-8(6-9)13(18)15-12-5-4-10(17)7-11(12)14(19)20/h1-7,16-17H,(H,15,18)(H,19,20). The number of nitrogens with one attached hydrogen (secondary N) is 1. The smallest absolute Gasteiger partial charge is 0.337 e. The van der Waals surface area contributed by atoms with E-state index in [2.05, 4.69) is 5.32 Å². The molecule has 2 aromatic carbocycles. The molecule has 0 heterocycles. The number of carboxylic acids is 1. The molecular formula is C14H11NO5. The van der Waals surface area contributed by atoms with E-state index in [1.54, 1.807) is 0 Å². The van der Waals surface area contributed by atoms with E-state index >= 15 is 0 Å². The summed E-state index contributed by atoms with van der Waals surface area (Å²) in [4.78, 5) is 23.0. The van der Waals surface area contributed by atoms with Gasteiger partial charge >= 0.3 is 5.97 Å². The first kappa shape index (κ1) is 13.4. The highest BCUT2D eigenvalue weighted by Gasteiger charge is 2.14. The van der Waals surface area contributed by atoms with E-state index in [9.17, 15) is 19.8 Å². The van der Waals surface area contributed by atoms with E-state index in [0.29, 0.717) is 0 Å². The Bertz CT molecular complexity index is 681. The molecule has 2 rings (SSSR count). The zero-order valence-electron chi connectivity index (χ0n) is 10.2. The maximum Gasteiger partial charge on any atom is 0.337 e. The highest BCUT2D eigenvalue weighted by atomic mass is 16.4. The topological polar surface area (TPSA) is 107 Å². The first-order chi connectivity index (χ1) is 9.47. The van der Waals surface area contributed by atoms with Gasteiger partial charge in [0.1, 0.15) is 11.5 Å². The second-order valence-corrected chi connectivity index (χ2v) is 4.04. The molecule has 0 aromatic heterocycles. The Kier molecular flexibility index (Phi) is 3.56. The number of aromatic carboxylic acids is 1. The van der Waals surface area contributed by atoms with Gasteiger partial charge < -0.3 is 20.6 Å². The largest absolute Gasteiger partial charge is 0.508 e. The summed E-state index contributed by atoms with van der Waals surface area (Å²) >= 11 is 0. The Morgan fingerprint density at radius 3 is 2.30 bits per heavy atom. The molecule has 0 saturated heterocycles. The summed E-state index contributed by atoms with van der Waals surface area (Å²) < 4.78 is 0. The summed E-state index contributed by atoms with van der Waals surface area (Å²) in [6.45, 7) is 0. The monoisotopic (exact) mass is 273 g/mol. The number of phenolic OH excluding ortho intramolecular Hbond substituents is 2. The third kappa shape index (κ3) is 2.86. The van der Waals surface area contributed by atoms with E-state index < -0.39 is 11.9 Å².